The summed E-state index contributed by atoms with van der Waals surface area (Å²) in [5.41, 5.74) is -1.87. The zero-order chi connectivity index (χ0) is 14.6. The van der Waals surface area contributed by atoms with Crippen molar-refractivity contribution < 1.29 is 31.6 Å². The summed E-state index contributed by atoms with van der Waals surface area (Å²) in [6, 6.07) is 0.145. The first-order valence-electron chi connectivity index (χ1n) is 5.38. The molecule has 0 aliphatic heterocycles. The van der Waals surface area contributed by atoms with Crippen LogP contribution in [0.1, 0.15) is 20.3 Å². The third kappa shape index (κ3) is 3.63. The maximum atomic E-state index is 12.5. The molecule has 1 atom stereocenters. The summed E-state index contributed by atoms with van der Waals surface area (Å²) in [6.07, 6.45) is -4.61. The van der Waals surface area contributed by atoms with E-state index in [-0.39, 0.29) is 6.04 Å². The molecule has 0 aromatic rings. The van der Waals surface area contributed by atoms with Crippen LogP contribution in [0.3, 0.4) is 0 Å². The second-order valence-corrected chi connectivity index (χ2v) is 7.39. The number of rotatable bonds is 7. The van der Waals surface area contributed by atoms with Gasteiger partial charge in [0, 0.05) is 14.2 Å². The van der Waals surface area contributed by atoms with Crippen LogP contribution in [0.15, 0.2) is 0 Å². The molecule has 106 valence electrons. The lowest BCUT2D eigenvalue weighted by atomic mass is 10.2. The van der Waals surface area contributed by atoms with Crippen LogP contribution in [-0.4, -0.2) is 40.5 Å². The Morgan fingerprint density at radius 1 is 1.22 bits per heavy atom. The van der Waals surface area contributed by atoms with Gasteiger partial charge in [0.25, 0.3) is 0 Å². The molecule has 0 aliphatic rings. The summed E-state index contributed by atoms with van der Waals surface area (Å²) in [5, 5.41) is 0. The largest absolute Gasteiger partial charge is 0.450 e. The van der Waals surface area contributed by atoms with Crippen molar-refractivity contribution in [3.8, 4) is 0 Å². The summed E-state index contributed by atoms with van der Waals surface area (Å²) in [7, 11) is -1.18. The number of carbonyl (C=O) groups excluding carboxylic acids is 2. The van der Waals surface area contributed by atoms with Crippen LogP contribution < -0.4 is 0 Å². The van der Waals surface area contributed by atoms with Gasteiger partial charge in [-0.05, 0) is 13.0 Å². The minimum Gasteiger partial charge on any atom is -0.397 e. The van der Waals surface area contributed by atoms with Crippen molar-refractivity contribution in [3.05, 3.63) is 0 Å². The first kappa shape index (κ1) is 17.3. The van der Waals surface area contributed by atoms with Crippen LogP contribution in [0, 0.1) is 0 Å². The highest BCUT2D eigenvalue weighted by Gasteiger charge is 2.58. The van der Waals surface area contributed by atoms with Gasteiger partial charge in [-0.3, -0.25) is 9.59 Å². The predicted molar refractivity (Wildman–Crippen MR) is 60.4 cm³/mol. The van der Waals surface area contributed by atoms with Crippen LogP contribution in [-0.2, 0) is 18.4 Å². The molecule has 0 spiro atoms. The average Bonchev–Trinajstić information content (AvgIpc) is 2.26. The Bertz CT molecular complexity index is 313. The van der Waals surface area contributed by atoms with Gasteiger partial charge in [-0.25, -0.2) is 0 Å². The first-order valence-corrected chi connectivity index (χ1v) is 7.48. The van der Waals surface area contributed by atoms with Gasteiger partial charge < -0.3 is 8.85 Å². The molecule has 0 radical (unpaired) electrons. The maximum absolute atomic E-state index is 12.5. The molecule has 1 unspecified atom stereocenters. The second kappa shape index (κ2) is 6.44. The van der Waals surface area contributed by atoms with Crippen molar-refractivity contribution in [3.63, 3.8) is 0 Å². The normalized spacial score (nSPS) is 14.4. The summed E-state index contributed by atoms with van der Waals surface area (Å²) in [5.74, 6) is -2.96. The number of halogens is 3. The van der Waals surface area contributed by atoms with Gasteiger partial charge in [-0.1, -0.05) is 13.3 Å². The van der Waals surface area contributed by atoms with E-state index in [1.165, 1.54) is 14.2 Å². The van der Waals surface area contributed by atoms with E-state index < -0.39 is 31.8 Å². The van der Waals surface area contributed by atoms with Crippen molar-refractivity contribution in [2.75, 3.05) is 14.2 Å². The number of hydrogen-bond acceptors (Lipinski definition) is 4. The van der Waals surface area contributed by atoms with E-state index in [9.17, 15) is 22.8 Å². The van der Waals surface area contributed by atoms with Crippen LogP contribution >= 0.6 is 0 Å². The molecule has 0 amide bonds. The molecular formula is C10H17F3O4Si. The maximum Gasteiger partial charge on any atom is 0.450 e. The van der Waals surface area contributed by atoms with Crippen LogP contribution in [0.4, 0.5) is 13.2 Å². The van der Waals surface area contributed by atoms with Gasteiger partial charge in [-0.2, -0.15) is 13.2 Å². The van der Waals surface area contributed by atoms with Crippen LogP contribution in [0.5, 0.6) is 0 Å². The van der Waals surface area contributed by atoms with Crippen molar-refractivity contribution in [1.82, 2.24) is 0 Å². The molecule has 0 heterocycles. The van der Waals surface area contributed by atoms with Crippen molar-refractivity contribution >= 4 is 20.1 Å². The molecule has 4 nitrogen and oxygen atoms in total. The SMILES string of the molecule is CCC[Si](OC)(OC)C(C(C)=O)C(=O)C(F)(F)F. The Labute approximate surface area is 105 Å². The minimum atomic E-state index is -5.07. The van der Waals surface area contributed by atoms with E-state index in [0.29, 0.717) is 6.42 Å². The second-order valence-electron chi connectivity index (χ2n) is 3.88. The van der Waals surface area contributed by atoms with E-state index in [4.69, 9.17) is 8.85 Å². The molecule has 0 saturated heterocycles. The van der Waals surface area contributed by atoms with Gasteiger partial charge in [0.2, 0.25) is 5.78 Å². The van der Waals surface area contributed by atoms with E-state index >= 15 is 0 Å². The Hall–Kier alpha value is -0.733. The fourth-order valence-electron chi connectivity index (χ4n) is 1.87. The number of ketones is 2. The zero-order valence-corrected chi connectivity index (χ0v) is 11.8. The van der Waals surface area contributed by atoms with E-state index in [0.717, 1.165) is 6.92 Å². The third-order valence-corrected chi connectivity index (χ3v) is 6.80. The standard InChI is InChI=1S/C10H17F3O4Si/c1-5-6-18(16-3,17-4)8(7(2)14)9(15)10(11,12)13/h8H,5-6H2,1-4H3. The lowest BCUT2D eigenvalue weighted by Crippen LogP contribution is -2.53. The number of alkyl halides is 3. The average molecular weight is 286 g/mol. The molecular weight excluding hydrogens is 269 g/mol. The lowest BCUT2D eigenvalue weighted by molar-refractivity contribution is -0.172. The van der Waals surface area contributed by atoms with Gasteiger partial charge in [0.15, 0.2) is 0 Å². The van der Waals surface area contributed by atoms with E-state index in [1.807, 2.05) is 0 Å². The molecule has 0 N–H and O–H groups in total. The smallest absolute Gasteiger partial charge is 0.397 e. The Kier molecular flexibility index (Phi) is 6.18. The summed E-state index contributed by atoms with van der Waals surface area (Å²) >= 11 is 0. The summed E-state index contributed by atoms with van der Waals surface area (Å²) < 4.78 is 47.6. The topological polar surface area (TPSA) is 52.6 Å². The van der Waals surface area contributed by atoms with Gasteiger partial charge in [-0.15, -0.1) is 0 Å². The van der Waals surface area contributed by atoms with Gasteiger partial charge in [0.05, 0.1) is 0 Å². The molecule has 0 fully saturated rings. The monoisotopic (exact) mass is 286 g/mol. The highest BCUT2D eigenvalue weighted by atomic mass is 28.4. The molecule has 18 heavy (non-hydrogen) atoms. The predicted octanol–water partition coefficient (Wildman–Crippen LogP) is 2.22. The highest BCUT2D eigenvalue weighted by molar-refractivity contribution is 6.76. The van der Waals surface area contributed by atoms with Crippen molar-refractivity contribution in [1.29, 1.82) is 0 Å². The third-order valence-electron chi connectivity index (χ3n) is 2.68. The van der Waals surface area contributed by atoms with Gasteiger partial charge >= 0.3 is 14.7 Å². The van der Waals surface area contributed by atoms with Crippen molar-refractivity contribution in [2.24, 2.45) is 0 Å². The molecule has 0 saturated carbocycles. The number of hydrogen-bond donors (Lipinski definition) is 0. The lowest BCUT2D eigenvalue weighted by Gasteiger charge is -2.32. The quantitative estimate of drug-likeness (QED) is 0.532. The Balaban J connectivity index is 5.57. The first-order chi connectivity index (χ1) is 8.16. The summed E-state index contributed by atoms with van der Waals surface area (Å²) in [4.78, 5) is 22.8. The zero-order valence-electron chi connectivity index (χ0n) is 10.8. The molecule has 8 heteroatoms. The fraction of sp³-hybridized carbons (Fsp3) is 0.800. The fourth-order valence-corrected chi connectivity index (χ4v) is 5.09. The van der Waals surface area contributed by atoms with Crippen LogP contribution in [0.2, 0.25) is 11.6 Å². The highest BCUT2D eigenvalue weighted by Crippen LogP contribution is 2.35. The summed E-state index contributed by atoms with van der Waals surface area (Å²) in [6.45, 7) is 2.67. The van der Waals surface area contributed by atoms with E-state index in [2.05, 4.69) is 0 Å². The van der Waals surface area contributed by atoms with E-state index in [1.54, 1.807) is 6.92 Å². The number of Topliss-reactive ketones (excluding diaryl/α,β-unsaturated/α-hetero) is 2. The minimum absolute atomic E-state index is 0.145. The molecule has 0 rings (SSSR count). The molecule has 0 aromatic heterocycles. The Morgan fingerprint density at radius 3 is 1.89 bits per heavy atom. The van der Waals surface area contributed by atoms with Crippen molar-refractivity contribution in [2.45, 2.75) is 38.0 Å². The Morgan fingerprint density at radius 2 is 1.67 bits per heavy atom. The molecule has 0 aromatic carbocycles. The molecule has 0 bridgehead atoms. The molecule has 0 aliphatic carbocycles. The van der Waals surface area contributed by atoms with Gasteiger partial charge in [0.1, 0.15) is 11.3 Å². The number of carbonyl (C=O) groups is 2. The van der Waals surface area contributed by atoms with Crippen LogP contribution in [0.25, 0.3) is 0 Å².